The van der Waals surface area contributed by atoms with Crippen molar-refractivity contribution in [3.05, 3.63) is 28.5 Å². The number of benzene rings is 1. The third-order valence-corrected chi connectivity index (χ3v) is 5.47. The fourth-order valence-electron chi connectivity index (χ4n) is 2.31. The molecule has 0 aliphatic carbocycles. The average Bonchev–Trinajstić information content (AvgIpc) is 2.89. The van der Waals surface area contributed by atoms with Crippen molar-refractivity contribution >= 4 is 26.0 Å². The number of nitrogens with zero attached hydrogens (tertiary/aromatic N) is 1. The van der Waals surface area contributed by atoms with E-state index in [4.69, 9.17) is 0 Å². The monoisotopic (exact) mass is 364 g/mol. The van der Waals surface area contributed by atoms with E-state index < -0.39 is 15.8 Å². The molecule has 2 rings (SSSR count). The van der Waals surface area contributed by atoms with Crippen LogP contribution in [0.5, 0.6) is 0 Å². The van der Waals surface area contributed by atoms with Gasteiger partial charge in [-0.1, -0.05) is 15.9 Å². The van der Waals surface area contributed by atoms with Gasteiger partial charge in [-0.2, -0.15) is 0 Å². The standard InChI is InChI=1S/C13H18BrFN2O2S/c1-10(17-6-2-3-7-17)9-16-20(18,19)13-5-4-11(14)8-12(13)15/h4-5,8,10,16H,2-3,6-7,9H2,1H3. The minimum absolute atomic E-state index is 0.116. The van der Waals surface area contributed by atoms with Crippen molar-refractivity contribution in [2.24, 2.45) is 0 Å². The molecule has 112 valence electrons. The minimum atomic E-state index is -3.80. The fourth-order valence-corrected chi connectivity index (χ4v) is 3.82. The smallest absolute Gasteiger partial charge is 0.243 e. The second kappa shape index (κ2) is 6.51. The molecule has 0 bridgehead atoms. The molecule has 0 spiro atoms. The van der Waals surface area contributed by atoms with E-state index in [2.05, 4.69) is 25.6 Å². The summed E-state index contributed by atoms with van der Waals surface area (Å²) < 4.78 is 40.9. The quantitative estimate of drug-likeness (QED) is 0.872. The highest BCUT2D eigenvalue weighted by molar-refractivity contribution is 9.10. The zero-order chi connectivity index (χ0) is 14.8. The van der Waals surface area contributed by atoms with Gasteiger partial charge < -0.3 is 0 Å². The highest BCUT2D eigenvalue weighted by atomic mass is 79.9. The lowest BCUT2D eigenvalue weighted by molar-refractivity contribution is 0.260. The van der Waals surface area contributed by atoms with Gasteiger partial charge in [-0.3, -0.25) is 4.90 Å². The number of halogens is 2. The van der Waals surface area contributed by atoms with Crippen molar-refractivity contribution in [2.45, 2.75) is 30.7 Å². The molecule has 0 radical (unpaired) electrons. The molecule has 0 aromatic heterocycles. The summed E-state index contributed by atoms with van der Waals surface area (Å²) >= 11 is 3.11. The van der Waals surface area contributed by atoms with E-state index in [0.29, 0.717) is 4.47 Å². The van der Waals surface area contributed by atoms with Gasteiger partial charge in [0.1, 0.15) is 10.7 Å². The molecule has 7 heteroatoms. The molecule has 1 heterocycles. The number of rotatable bonds is 5. The molecular formula is C13H18BrFN2O2S. The van der Waals surface area contributed by atoms with Gasteiger partial charge in [0.2, 0.25) is 10.0 Å². The molecule has 1 aliphatic heterocycles. The van der Waals surface area contributed by atoms with E-state index >= 15 is 0 Å². The first-order chi connectivity index (χ1) is 9.40. The van der Waals surface area contributed by atoms with Gasteiger partial charge in [0.05, 0.1) is 0 Å². The Bertz CT molecular complexity index is 574. The molecule has 1 saturated heterocycles. The fraction of sp³-hybridized carbons (Fsp3) is 0.538. The maximum absolute atomic E-state index is 13.7. The molecule has 1 aromatic rings. The van der Waals surface area contributed by atoms with Crippen LogP contribution in [0.1, 0.15) is 19.8 Å². The number of hydrogen-bond acceptors (Lipinski definition) is 3. The third kappa shape index (κ3) is 3.78. The second-order valence-corrected chi connectivity index (χ2v) is 7.67. The van der Waals surface area contributed by atoms with E-state index in [1.165, 1.54) is 12.1 Å². The Hall–Kier alpha value is -0.500. The van der Waals surface area contributed by atoms with Gasteiger partial charge in [0.25, 0.3) is 0 Å². The van der Waals surface area contributed by atoms with Crippen LogP contribution in [0.3, 0.4) is 0 Å². The molecule has 1 atom stereocenters. The van der Waals surface area contributed by atoms with E-state index in [9.17, 15) is 12.8 Å². The van der Waals surface area contributed by atoms with Crippen LogP contribution in [-0.2, 0) is 10.0 Å². The summed E-state index contributed by atoms with van der Waals surface area (Å²) in [7, 11) is -3.80. The molecule has 1 aromatic carbocycles. The molecule has 1 unspecified atom stereocenters. The Labute approximate surface area is 127 Å². The Balaban J connectivity index is 2.03. The lowest BCUT2D eigenvalue weighted by Gasteiger charge is -2.23. The number of nitrogens with one attached hydrogen (secondary N) is 1. The van der Waals surface area contributed by atoms with Crippen LogP contribution in [0, 0.1) is 5.82 Å². The molecule has 0 saturated carbocycles. The Morgan fingerprint density at radius 1 is 1.40 bits per heavy atom. The Morgan fingerprint density at radius 3 is 2.65 bits per heavy atom. The second-order valence-electron chi connectivity index (χ2n) is 5.02. The highest BCUT2D eigenvalue weighted by Crippen LogP contribution is 2.19. The van der Waals surface area contributed by atoms with E-state index in [0.717, 1.165) is 32.0 Å². The van der Waals surface area contributed by atoms with Crippen LogP contribution in [0.25, 0.3) is 0 Å². The highest BCUT2D eigenvalue weighted by Gasteiger charge is 2.23. The Kier molecular flexibility index (Phi) is 5.17. The number of sulfonamides is 1. The molecule has 20 heavy (non-hydrogen) atoms. The van der Waals surface area contributed by atoms with E-state index in [1.807, 2.05) is 6.92 Å². The van der Waals surface area contributed by atoms with Crippen molar-refractivity contribution in [3.8, 4) is 0 Å². The summed E-state index contributed by atoms with van der Waals surface area (Å²) in [4.78, 5) is 1.93. The summed E-state index contributed by atoms with van der Waals surface area (Å²) in [5.41, 5.74) is 0. The van der Waals surface area contributed by atoms with Crippen LogP contribution >= 0.6 is 15.9 Å². The normalized spacial score (nSPS) is 18.4. The van der Waals surface area contributed by atoms with Gasteiger partial charge in [0, 0.05) is 17.1 Å². The summed E-state index contributed by atoms with van der Waals surface area (Å²) in [5, 5.41) is 0. The average molecular weight is 365 g/mol. The van der Waals surface area contributed by atoms with Crippen LogP contribution in [0.4, 0.5) is 4.39 Å². The summed E-state index contributed by atoms with van der Waals surface area (Å²) in [6.45, 7) is 4.26. The molecule has 4 nitrogen and oxygen atoms in total. The predicted octanol–water partition coefficient (Wildman–Crippen LogP) is 2.35. The summed E-state index contributed by atoms with van der Waals surface area (Å²) in [6.07, 6.45) is 2.30. The van der Waals surface area contributed by atoms with Crippen LogP contribution in [0.2, 0.25) is 0 Å². The van der Waals surface area contributed by atoms with Gasteiger partial charge in [-0.25, -0.2) is 17.5 Å². The molecule has 1 aliphatic rings. The van der Waals surface area contributed by atoms with E-state index in [1.54, 1.807) is 0 Å². The Morgan fingerprint density at radius 2 is 2.05 bits per heavy atom. The van der Waals surface area contributed by atoms with Gasteiger partial charge in [-0.05, 0) is 51.1 Å². The SMILES string of the molecule is CC(CNS(=O)(=O)c1ccc(Br)cc1F)N1CCCC1. The zero-order valence-corrected chi connectivity index (χ0v) is 13.7. The molecular weight excluding hydrogens is 347 g/mol. The first-order valence-electron chi connectivity index (χ1n) is 6.59. The van der Waals surface area contributed by atoms with Gasteiger partial charge in [0.15, 0.2) is 0 Å². The maximum Gasteiger partial charge on any atom is 0.243 e. The van der Waals surface area contributed by atoms with Crippen LogP contribution in [-0.4, -0.2) is 39.0 Å². The number of likely N-dealkylation sites (tertiary alicyclic amines) is 1. The third-order valence-electron chi connectivity index (χ3n) is 3.52. The van der Waals surface area contributed by atoms with Crippen molar-refractivity contribution in [1.82, 2.24) is 9.62 Å². The zero-order valence-electron chi connectivity index (χ0n) is 11.3. The van der Waals surface area contributed by atoms with Crippen molar-refractivity contribution < 1.29 is 12.8 Å². The summed E-state index contributed by atoms with van der Waals surface area (Å²) in [6, 6.07) is 4.05. The lowest BCUT2D eigenvalue weighted by atomic mass is 10.3. The summed E-state index contributed by atoms with van der Waals surface area (Å²) in [5.74, 6) is -0.749. The minimum Gasteiger partial charge on any atom is -0.299 e. The predicted molar refractivity (Wildman–Crippen MR) is 79.6 cm³/mol. The topological polar surface area (TPSA) is 49.4 Å². The van der Waals surface area contributed by atoms with Crippen molar-refractivity contribution in [1.29, 1.82) is 0 Å². The lowest BCUT2D eigenvalue weighted by Crippen LogP contribution is -2.40. The van der Waals surface area contributed by atoms with Crippen LogP contribution in [0.15, 0.2) is 27.6 Å². The maximum atomic E-state index is 13.7. The largest absolute Gasteiger partial charge is 0.299 e. The molecule has 0 amide bonds. The first kappa shape index (κ1) is 15.9. The van der Waals surface area contributed by atoms with Crippen molar-refractivity contribution in [3.63, 3.8) is 0 Å². The van der Waals surface area contributed by atoms with Crippen LogP contribution < -0.4 is 4.72 Å². The number of hydrogen-bond donors (Lipinski definition) is 1. The molecule has 1 N–H and O–H groups in total. The van der Waals surface area contributed by atoms with Crippen molar-refractivity contribution in [2.75, 3.05) is 19.6 Å². The first-order valence-corrected chi connectivity index (χ1v) is 8.86. The molecule has 1 fully saturated rings. The van der Waals surface area contributed by atoms with Gasteiger partial charge >= 0.3 is 0 Å². The van der Waals surface area contributed by atoms with E-state index in [-0.39, 0.29) is 17.5 Å². The van der Waals surface area contributed by atoms with Gasteiger partial charge in [-0.15, -0.1) is 0 Å².